The Morgan fingerprint density at radius 3 is 2.70 bits per heavy atom. The van der Waals surface area contributed by atoms with Gasteiger partial charge in [-0.15, -0.1) is 11.3 Å². The molecule has 20 heavy (non-hydrogen) atoms. The zero-order valence-electron chi connectivity index (χ0n) is 11.8. The molecular formula is C13H16N2O4S. The lowest BCUT2D eigenvalue weighted by Gasteiger charge is -2.23. The molecule has 0 amide bonds. The molecule has 0 saturated heterocycles. The summed E-state index contributed by atoms with van der Waals surface area (Å²) in [5, 5.41) is 0.407. The van der Waals surface area contributed by atoms with E-state index in [0.29, 0.717) is 10.2 Å². The van der Waals surface area contributed by atoms with Gasteiger partial charge in [-0.3, -0.25) is 9.78 Å². The van der Waals surface area contributed by atoms with Gasteiger partial charge in [-0.25, -0.2) is 14.2 Å². The summed E-state index contributed by atoms with van der Waals surface area (Å²) in [6.07, 6.45) is 0. The van der Waals surface area contributed by atoms with Crippen molar-refractivity contribution in [3.63, 3.8) is 0 Å². The third kappa shape index (κ3) is 2.18. The molecule has 0 spiro atoms. The maximum atomic E-state index is 12.5. The van der Waals surface area contributed by atoms with Crippen molar-refractivity contribution >= 4 is 27.5 Å². The van der Waals surface area contributed by atoms with Crippen molar-refractivity contribution in [2.45, 2.75) is 33.2 Å². The lowest BCUT2D eigenvalue weighted by atomic mass is 10.1. The number of hydrogen-bond donors (Lipinski definition) is 1. The van der Waals surface area contributed by atoms with Crippen molar-refractivity contribution in [3.8, 4) is 0 Å². The van der Waals surface area contributed by atoms with Crippen molar-refractivity contribution in [2.75, 3.05) is 6.61 Å². The maximum Gasteiger partial charge on any atom is 0.332 e. The number of carbonyl (C=O) groups excluding carboxylic acids is 1. The van der Waals surface area contributed by atoms with Gasteiger partial charge in [0.2, 0.25) is 0 Å². The number of aryl methyl sites for hydroxylation is 1. The summed E-state index contributed by atoms with van der Waals surface area (Å²) in [4.78, 5) is 40.6. The van der Waals surface area contributed by atoms with Crippen LogP contribution < -0.4 is 11.2 Å². The molecule has 6 nitrogen and oxygen atoms in total. The quantitative estimate of drug-likeness (QED) is 0.867. The van der Waals surface area contributed by atoms with Gasteiger partial charge in [-0.05, 0) is 33.8 Å². The fraction of sp³-hybridized carbons (Fsp3) is 0.462. The molecule has 1 N–H and O–H groups in total. The molecule has 0 unspecified atom stereocenters. The molecule has 0 aromatic carbocycles. The summed E-state index contributed by atoms with van der Waals surface area (Å²) in [5.74, 6) is -0.612. The van der Waals surface area contributed by atoms with Gasteiger partial charge in [0, 0.05) is 4.88 Å². The number of rotatable bonds is 3. The van der Waals surface area contributed by atoms with E-state index in [1.54, 1.807) is 13.0 Å². The van der Waals surface area contributed by atoms with E-state index >= 15 is 0 Å². The number of aromatic amines is 1. The summed E-state index contributed by atoms with van der Waals surface area (Å²) in [7, 11) is 0. The lowest BCUT2D eigenvalue weighted by Crippen LogP contribution is -2.51. The Labute approximate surface area is 119 Å². The van der Waals surface area contributed by atoms with Gasteiger partial charge in [0.1, 0.15) is 10.4 Å². The van der Waals surface area contributed by atoms with E-state index in [4.69, 9.17) is 4.74 Å². The first kappa shape index (κ1) is 14.5. The topological polar surface area (TPSA) is 81.2 Å². The monoisotopic (exact) mass is 296 g/mol. The predicted octanol–water partition coefficient (Wildman–Crippen LogP) is 1.36. The largest absolute Gasteiger partial charge is 0.464 e. The smallest absolute Gasteiger partial charge is 0.332 e. The third-order valence-electron chi connectivity index (χ3n) is 3.05. The third-order valence-corrected chi connectivity index (χ3v) is 4.01. The molecule has 0 fully saturated rings. The molecule has 2 aromatic heterocycles. The highest BCUT2D eigenvalue weighted by atomic mass is 32.1. The minimum absolute atomic E-state index is 0.189. The van der Waals surface area contributed by atoms with Crippen LogP contribution in [0.25, 0.3) is 10.2 Å². The molecule has 0 saturated carbocycles. The summed E-state index contributed by atoms with van der Waals surface area (Å²) >= 11 is 1.33. The second-order valence-electron chi connectivity index (χ2n) is 4.95. The number of nitrogens with one attached hydrogen (secondary N) is 1. The van der Waals surface area contributed by atoms with E-state index in [0.717, 1.165) is 9.44 Å². The highest BCUT2D eigenvalue weighted by Crippen LogP contribution is 2.20. The van der Waals surface area contributed by atoms with Crippen LogP contribution in [0.1, 0.15) is 25.6 Å². The Morgan fingerprint density at radius 2 is 2.10 bits per heavy atom. The van der Waals surface area contributed by atoms with Crippen LogP contribution in [-0.4, -0.2) is 22.1 Å². The number of aromatic nitrogens is 2. The van der Waals surface area contributed by atoms with Crippen LogP contribution in [-0.2, 0) is 15.1 Å². The van der Waals surface area contributed by atoms with Gasteiger partial charge < -0.3 is 4.74 Å². The van der Waals surface area contributed by atoms with Gasteiger partial charge >= 0.3 is 11.7 Å². The summed E-state index contributed by atoms with van der Waals surface area (Å²) < 4.78 is 5.86. The zero-order valence-corrected chi connectivity index (χ0v) is 12.6. The van der Waals surface area contributed by atoms with Crippen molar-refractivity contribution in [3.05, 3.63) is 31.8 Å². The van der Waals surface area contributed by atoms with Crippen LogP contribution in [0.15, 0.2) is 15.7 Å². The average molecular weight is 296 g/mol. The van der Waals surface area contributed by atoms with E-state index in [9.17, 15) is 14.4 Å². The highest BCUT2D eigenvalue weighted by Gasteiger charge is 2.35. The normalized spacial score (nSPS) is 11.8. The van der Waals surface area contributed by atoms with Gasteiger partial charge in [-0.1, -0.05) is 0 Å². The van der Waals surface area contributed by atoms with Crippen molar-refractivity contribution in [1.29, 1.82) is 0 Å². The average Bonchev–Trinajstić information content (AvgIpc) is 2.70. The Morgan fingerprint density at radius 1 is 1.45 bits per heavy atom. The Hall–Kier alpha value is -1.89. The van der Waals surface area contributed by atoms with Gasteiger partial charge in [0.25, 0.3) is 5.56 Å². The van der Waals surface area contributed by atoms with Crippen molar-refractivity contribution in [1.82, 2.24) is 9.55 Å². The number of esters is 1. The fourth-order valence-corrected chi connectivity index (χ4v) is 2.93. The zero-order chi connectivity index (χ0) is 15.1. The molecular weight excluding hydrogens is 280 g/mol. The number of carbonyl (C=O) groups is 1. The minimum Gasteiger partial charge on any atom is -0.464 e. The first-order valence-electron chi connectivity index (χ1n) is 6.22. The van der Waals surface area contributed by atoms with Crippen LogP contribution >= 0.6 is 11.3 Å². The fourth-order valence-electron chi connectivity index (χ4n) is 2.04. The Bertz CT molecular complexity index is 782. The number of fused-ring (bicyclic) bond motifs is 1. The predicted molar refractivity (Wildman–Crippen MR) is 77.4 cm³/mol. The molecule has 7 heteroatoms. The van der Waals surface area contributed by atoms with E-state index < -0.39 is 22.8 Å². The minimum atomic E-state index is -1.36. The molecule has 0 radical (unpaired) electrons. The highest BCUT2D eigenvalue weighted by molar-refractivity contribution is 7.18. The van der Waals surface area contributed by atoms with Crippen molar-refractivity contribution < 1.29 is 9.53 Å². The van der Waals surface area contributed by atoms with E-state index in [1.165, 1.54) is 25.2 Å². The number of nitrogens with zero attached hydrogens (tertiary/aromatic N) is 1. The summed E-state index contributed by atoms with van der Waals surface area (Å²) in [6.45, 7) is 6.70. The number of thiophene rings is 1. The SMILES string of the molecule is CCOC(=O)C(C)(C)n1c(=O)[nH]c2sc(C)cc2c1=O. The number of ether oxygens (including phenoxy) is 1. The molecule has 0 bridgehead atoms. The van der Waals surface area contributed by atoms with Gasteiger partial charge in [0.05, 0.1) is 12.0 Å². The molecule has 2 aromatic rings. The van der Waals surface area contributed by atoms with E-state index in [1.807, 2.05) is 6.92 Å². The van der Waals surface area contributed by atoms with Crippen molar-refractivity contribution in [2.24, 2.45) is 0 Å². The van der Waals surface area contributed by atoms with E-state index in [-0.39, 0.29) is 6.61 Å². The Balaban J connectivity index is 2.74. The van der Waals surface area contributed by atoms with Crippen LogP contribution in [0.4, 0.5) is 0 Å². The van der Waals surface area contributed by atoms with Crippen LogP contribution in [0.3, 0.4) is 0 Å². The van der Waals surface area contributed by atoms with E-state index in [2.05, 4.69) is 4.98 Å². The van der Waals surface area contributed by atoms with Gasteiger partial charge in [-0.2, -0.15) is 0 Å². The van der Waals surface area contributed by atoms with Crippen LogP contribution in [0, 0.1) is 6.92 Å². The lowest BCUT2D eigenvalue weighted by molar-refractivity contribution is -0.152. The maximum absolute atomic E-state index is 12.5. The first-order valence-corrected chi connectivity index (χ1v) is 7.04. The number of H-pyrrole nitrogens is 1. The standard InChI is InChI=1S/C13H16N2O4S/c1-5-19-11(17)13(3,4)15-10(16)8-6-7(2)20-9(8)14-12(15)18/h6H,5H2,1-4H3,(H,14,18). The van der Waals surface area contributed by atoms with Crippen LogP contribution in [0.2, 0.25) is 0 Å². The molecule has 2 rings (SSSR count). The van der Waals surface area contributed by atoms with Gasteiger partial charge in [0.15, 0.2) is 0 Å². The molecule has 0 aliphatic carbocycles. The molecule has 0 atom stereocenters. The summed E-state index contributed by atoms with van der Waals surface area (Å²) in [5.41, 5.74) is -2.45. The van der Waals surface area contributed by atoms with Crippen LogP contribution in [0.5, 0.6) is 0 Å². The first-order chi connectivity index (χ1) is 9.28. The Kier molecular flexibility index (Phi) is 3.56. The second-order valence-corrected chi connectivity index (χ2v) is 6.21. The molecule has 0 aliphatic heterocycles. The second kappa shape index (κ2) is 4.90. The molecule has 0 aliphatic rings. The number of hydrogen-bond acceptors (Lipinski definition) is 5. The molecule has 2 heterocycles. The molecule has 108 valence electrons. The summed E-state index contributed by atoms with van der Waals surface area (Å²) in [6, 6.07) is 1.70.